The number of nitro benzene ring substituents is 1. The van der Waals surface area contributed by atoms with Crippen LogP contribution in [0.5, 0.6) is 0 Å². The molecule has 2 aromatic rings. The highest BCUT2D eigenvalue weighted by molar-refractivity contribution is 7.89. The Kier molecular flexibility index (Phi) is 4.71. The van der Waals surface area contributed by atoms with E-state index in [0.717, 1.165) is 6.07 Å². The van der Waals surface area contributed by atoms with Gasteiger partial charge >= 0.3 is 0 Å². The van der Waals surface area contributed by atoms with Crippen LogP contribution in [0.2, 0.25) is 0 Å². The van der Waals surface area contributed by atoms with Gasteiger partial charge in [0, 0.05) is 37.6 Å². The van der Waals surface area contributed by atoms with Crippen LogP contribution in [0.15, 0.2) is 53.7 Å². The Morgan fingerprint density at radius 1 is 1.19 bits per heavy atom. The summed E-state index contributed by atoms with van der Waals surface area (Å²) >= 11 is 0. The largest absolute Gasteiger partial charge is 0.354 e. The number of rotatable bonds is 7. The molecule has 0 radical (unpaired) electrons. The number of nitro groups is 1. The molecule has 1 heterocycles. The number of nitrogens with zero attached hydrogens (tertiary/aromatic N) is 2. The highest BCUT2D eigenvalue weighted by Crippen LogP contribution is 2.16. The predicted molar refractivity (Wildman–Crippen MR) is 77.3 cm³/mol. The SMILES string of the molecule is O=[N+]([O-])c1cccc(S(=O)(=O)NCCCn2cccc2)c1. The molecular weight excluding hydrogens is 294 g/mol. The van der Waals surface area contributed by atoms with Gasteiger partial charge < -0.3 is 4.57 Å². The molecule has 112 valence electrons. The van der Waals surface area contributed by atoms with E-state index in [1.54, 1.807) is 0 Å². The van der Waals surface area contributed by atoms with Crippen LogP contribution >= 0.6 is 0 Å². The Labute approximate surface area is 122 Å². The third-order valence-electron chi connectivity index (χ3n) is 2.89. The molecule has 0 fully saturated rings. The van der Waals surface area contributed by atoms with Crippen molar-refractivity contribution < 1.29 is 13.3 Å². The third kappa shape index (κ3) is 4.14. The molecule has 1 aromatic carbocycles. The zero-order chi connectivity index (χ0) is 15.3. The van der Waals surface area contributed by atoms with E-state index in [4.69, 9.17) is 0 Å². The lowest BCUT2D eigenvalue weighted by atomic mass is 10.3. The van der Waals surface area contributed by atoms with Gasteiger partial charge in [0.2, 0.25) is 10.0 Å². The van der Waals surface area contributed by atoms with Crippen LogP contribution in [0.3, 0.4) is 0 Å². The van der Waals surface area contributed by atoms with E-state index in [9.17, 15) is 18.5 Å². The molecule has 0 amide bonds. The Hall–Kier alpha value is -2.19. The van der Waals surface area contributed by atoms with E-state index in [0.29, 0.717) is 13.0 Å². The molecule has 21 heavy (non-hydrogen) atoms. The first-order valence-corrected chi connectivity index (χ1v) is 7.82. The van der Waals surface area contributed by atoms with Gasteiger partial charge in [-0.2, -0.15) is 0 Å². The number of aromatic nitrogens is 1. The van der Waals surface area contributed by atoms with Crippen LogP contribution < -0.4 is 4.72 Å². The summed E-state index contributed by atoms with van der Waals surface area (Å²) in [6, 6.07) is 8.79. The maximum atomic E-state index is 12.0. The Morgan fingerprint density at radius 3 is 2.57 bits per heavy atom. The zero-order valence-corrected chi connectivity index (χ0v) is 12.0. The van der Waals surface area contributed by atoms with Crippen molar-refractivity contribution in [2.45, 2.75) is 17.9 Å². The second-order valence-corrected chi connectivity index (χ2v) is 6.19. The molecule has 8 heteroatoms. The summed E-state index contributed by atoms with van der Waals surface area (Å²) in [7, 11) is -3.72. The minimum absolute atomic E-state index is 0.0994. The molecule has 0 aliphatic carbocycles. The van der Waals surface area contributed by atoms with Gasteiger partial charge in [0.15, 0.2) is 0 Å². The van der Waals surface area contributed by atoms with Crippen LogP contribution in [-0.2, 0) is 16.6 Å². The summed E-state index contributed by atoms with van der Waals surface area (Å²) in [6.07, 6.45) is 4.42. The van der Waals surface area contributed by atoms with Gasteiger partial charge in [-0.3, -0.25) is 10.1 Å². The third-order valence-corrected chi connectivity index (χ3v) is 4.35. The van der Waals surface area contributed by atoms with Gasteiger partial charge in [0.25, 0.3) is 5.69 Å². The second kappa shape index (κ2) is 6.51. The van der Waals surface area contributed by atoms with E-state index in [2.05, 4.69) is 4.72 Å². The smallest absolute Gasteiger partial charge is 0.270 e. The number of sulfonamides is 1. The molecule has 7 nitrogen and oxygen atoms in total. The van der Waals surface area contributed by atoms with Crippen molar-refractivity contribution in [3.8, 4) is 0 Å². The summed E-state index contributed by atoms with van der Waals surface area (Å²) in [6.45, 7) is 0.966. The zero-order valence-electron chi connectivity index (χ0n) is 11.2. The van der Waals surface area contributed by atoms with Crippen molar-refractivity contribution in [3.05, 3.63) is 58.9 Å². The summed E-state index contributed by atoms with van der Waals surface area (Å²) in [5.74, 6) is 0. The lowest BCUT2D eigenvalue weighted by Crippen LogP contribution is -2.25. The summed E-state index contributed by atoms with van der Waals surface area (Å²) < 4.78 is 28.4. The molecule has 0 saturated carbocycles. The average Bonchev–Trinajstić information content (AvgIpc) is 2.97. The Balaban J connectivity index is 1.95. The van der Waals surface area contributed by atoms with Crippen molar-refractivity contribution in [2.24, 2.45) is 0 Å². The molecule has 0 aliphatic heterocycles. The van der Waals surface area contributed by atoms with Gasteiger partial charge in [-0.1, -0.05) is 6.07 Å². The minimum Gasteiger partial charge on any atom is -0.354 e. The van der Waals surface area contributed by atoms with E-state index >= 15 is 0 Å². The maximum absolute atomic E-state index is 12.0. The van der Waals surface area contributed by atoms with Crippen molar-refractivity contribution >= 4 is 15.7 Å². The quantitative estimate of drug-likeness (QED) is 0.479. The van der Waals surface area contributed by atoms with Gasteiger partial charge in [0.1, 0.15) is 0 Å². The molecule has 1 N–H and O–H groups in total. The van der Waals surface area contributed by atoms with Crippen molar-refractivity contribution in [1.29, 1.82) is 0 Å². The highest BCUT2D eigenvalue weighted by Gasteiger charge is 2.16. The summed E-state index contributed by atoms with van der Waals surface area (Å²) in [5.41, 5.74) is -0.245. The summed E-state index contributed by atoms with van der Waals surface area (Å²) in [4.78, 5) is 9.94. The van der Waals surface area contributed by atoms with Crippen LogP contribution in [0, 0.1) is 10.1 Å². The molecular formula is C13H15N3O4S. The number of aryl methyl sites for hydroxylation is 1. The maximum Gasteiger partial charge on any atom is 0.270 e. The number of non-ortho nitro benzene ring substituents is 1. The van der Waals surface area contributed by atoms with Crippen molar-refractivity contribution in [3.63, 3.8) is 0 Å². The van der Waals surface area contributed by atoms with Gasteiger partial charge in [-0.25, -0.2) is 13.1 Å². The average molecular weight is 309 g/mol. The first kappa shape index (κ1) is 15.2. The minimum atomic E-state index is -3.72. The van der Waals surface area contributed by atoms with Gasteiger partial charge in [-0.15, -0.1) is 0 Å². The van der Waals surface area contributed by atoms with Gasteiger partial charge in [0.05, 0.1) is 9.82 Å². The number of benzene rings is 1. The first-order valence-electron chi connectivity index (χ1n) is 6.34. The fraction of sp³-hybridized carbons (Fsp3) is 0.231. The molecule has 0 spiro atoms. The van der Waals surface area contributed by atoms with Gasteiger partial charge in [-0.05, 0) is 24.6 Å². The van der Waals surface area contributed by atoms with Crippen molar-refractivity contribution in [1.82, 2.24) is 9.29 Å². The molecule has 0 atom stereocenters. The predicted octanol–water partition coefficient (Wildman–Crippen LogP) is 1.76. The van der Waals surface area contributed by atoms with E-state index < -0.39 is 14.9 Å². The van der Waals surface area contributed by atoms with Crippen LogP contribution in [0.25, 0.3) is 0 Å². The Bertz CT molecular complexity index is 711. The van der Waals surface area contributed by atoms with Crippen LogP contribution in [0.1, 0.15) is 6.42 Å². The fourth-order valence-corrected chi connectivity index (χ4v) is 2.95. The topological polar surface area (TPSA) is 94.2 Å². The van der Waals surface area contributed by atoms with E-state index in [1.165, 1.54) is 18.2 Å². The highest BCUT2D eigenvalue weighted by atomic mass is 32.2. The van der Waals surface area contributed by atoms with Crippen LogP contribution in [-0.4, -0.2) is 24.5 Å². The normalized spacial score (nSPS) is 11.4. The van der Waals surface area contributed by atoms with Crippen molar-refractivity contribution in [2.75, 3.05) is 6.54 Å². The fourth-order valence-electron chi connectivity index (χ4n) is 1.83. The summed E-state index contributed by atoms with van der Waals surface area (Å²) in [5, 5.41) is 10.7. The van der Waals surface area contributed by atoms with E-state index in [1.807, 2.05) is 29.1 Å². The molecule has 2 rings (SSSR count). The number of nitrogens with one attached hydrogen (secondary N) is 1. The monoisotopic (exact) mass is 309 g/mol. The lowest BCUT2D eigenvalue weighted by Gasteiger charge is -2.07. The molecule has 0 unspecified atom stereocenters. The van der Waals surface area contributed by atoms with E-state index in [-0.39, 0.29) is 17.1 Å². The van der Waals surface area contributed by atoms with Crippen LogP contribution in [0.4, 0.5) is 5.69 Å². The standard InChI is InChI=1S/C13H15N3O4S/c17-16(18)12-5-3-6-13(11-12)21(19,20)14-7-4-10-15-8-1-2-9-15/h1-3,5-6,8-9,11,14H,4,7,10H2. The molecule has 0 saturated heterocycles. The first-order chi connectivity index (χ1) is 9.99. The number of hydrogen-bond acceptors (Lipinski definition) is 4. The second-order valence-electron chi connectivity index (χ2n) is 4.43. The lowest BCUT2D eigenvalue weighted by molar-refractivity contribution is -0.385. The number of hydrogen-bond donors (Lipinski definition) is 1. The molecule has 0 bridgehead atoms. The Morgan fingerprint density at radius 2 is 1.90 bits per heavy atom. The molecule has 0 aliphatic rings. The molecule has 1 aromatic heterocycles.